The van der Waals surface area contributed by atoms with Crippen LogP contribution in [-0.2, 0) is 6.54 Å². The van der Waals surface area contributed by atoms with Gasteiger partial charge in [0.2, 0.25) is 0 Å². The number of nitrogens with zero attached hydrogens (tertiary/aromatic N) is 5. The molecular weight excluding hydrogens is 500 g/mol. The fraction of sp³-hybridized carbons (Fsp3) is 0.429. The number of hydrogen-bond acceptors (Lipinski definition) is 6. The standard InChI is InChI=1S/C21H24BrClN6OS/c1-2-11-31-21-26-18(28-8-3-4-9-28)16-13-25-29(19(16)27-21)10-7-24-20(30)15-12-14(22)5-6-17(15)23/h5-6,12-13H,2-4,7-11H2,1H3,(H,24,30). The third-order valence-corrected chi connectivity index (χ3v) is 6.95. The van der Waals surface area contributed by atoms with E-state index in [1.807, 2.05) is 10.9 Å². The van der Waals surface area contributed by atoms with Crippen molar-refractivity contribution in [3.63, 3.8) is 0 Å². The van der Waals surface area contributed by atoms with Crippen LogP contribution in [0.1, 0.15) is 36.5 Å². The number of amides is 1. The van der Waals surface area contributed by atoms with Gasteiger partial charge in [-0.15, -0.1) is 0 Å². The SMILES string of the molecule is CCCSc1nc(N2CCCC2)c2cnn(CCNC(=O)c3cc(Br)ccc3Cl)c2n1. The van der Waals surface area contributed by atoms with Crippen molar-refractivity contribution in [1.29, 1.82) is 0 Å². The van der Waals surface area contributed by atoms with Crippen molar-refractivity contribution < 1.29 is 4.79 Å². The Labute approximate surface area is 199 Å². The first kappa shape index (κ1) is 22.4. The molecule has 7 nitrogen and oxygen atoms in total. The molecule has 1 fully saturated rings. The van der Waals surface area contributed by atoms with Gasteiger partial charge >= 0.3 is 0 Å². The number of rotatable bonds is 8. The maximum atomic E-state index is 12.5. The molecule has 0 bridgehead atoms. The minimum absolute atomic E-state index is 0.214. The summed E-state index contributed by atoms with van der Waals surface area (Å²) in [4.78, 5) is 24.5. The molecule has 1 aliphatic rings. The number of carbonyl (C=O) groups excluding carboxylic acids is 1. The summed E-state index contributed by atoms with van der Waals surface area (Å²) in [6, 6.07) is 5.22. The van der Waals surface area contributed by atoms with Crippen LogP contribution >= 0.6 is 39.3 Å². The van der Waals surface area contributed by atoms with Crippen molar-refractivity contribution in [3.8, 4) is 0 Å². The van der Waals surface area contributed by atoms with E-state index in [1.54, 1.807) is 30.0 Å². The quantitative estimate of drug-likeness (QED) is 0.338. The van der Waals surface area contributed by atoms with Crippen molar-refractivity contribution in [2.24, 2.45) is 0 Å². The van der Waals surface area contributed by atoms with Gasteiger partial charge in [0.25, 0.3) is 5.91 Å². The van der Waals surface area contributed by atoms with Gasteiger partial charge in [0.15, 0.2) is 10.8 Å². The van der Waals surface area contributed by atoms with E-state index < -0.39 is 0 Å². The summed E-state index contributed by atoms with van der Waals surface area (Å²) in [6.07, 6.45) is 5.27. The molecule has 1 aromatic carbocycles. The summed E-state index contributed by atoms with van der Waals surface area (Å²) in [5.74, 6) is 1.73. The van der Waals surface area contributed by atoms with Gasteiger partial charge in [-0.3, -0.25) is 4.79 Å². The van der Waals surface area contributed by atoms with E-state index in [9.17, 15) is 4.79 Å². The average Bonchev–Trinajstić information content (AvgIpc) is 3.44. The van der Waals surface area contributed by atoms with Crippen LogP contribution in [0.4, 0.5) is 5.82 Å². The molecule has 1 aliphatic heterocycles. The summed E-state index contributed by atoms with van der Waals surface area (Å²) in [6.45, 7) is 5.10. The molecule has 164 valence electrons. The van der Waals surface area contributed by atoms with Crippen LogP contribution in [0.3, 0.4) is 0 Å². The van der Waals surface area contributed by atoms with Crippen molar-refractivity contribution >= 4 is 62.1 Å². The molecule has 10 heteroatoms. The third-order valence-electron chi connectivity index (χ3n) is 5.08. The average molecular weight is 524 g/mol. The number of hydrogen-bond donors (Lipinski definition) is 1. The first-order valence-corrected chi connectivity index (χ1v) is 12.6. The monoisotopic (exact) mass is 522 g/mol. The maximum absolute atomic E-state index is 12.5. The Balaban J connectivity index is 1.52. The van der Waals surface area contributed by atoms with E-state index in [4.69, 9.17) is 21.6 Å². The molecule has 0 spiro atoms. The Hall–Kier alpha value is -1.84. The molecule has 3 aromatic rings. The summed E-state index contributed by atoms with van der Waals surface area (Å²) in [7, 11) is 0. The first-order valence-electron chi connectivity index (χ1n) is 10.4. The van der Waals surface area contributed by atoms with Gasteiger partial charge in [-0.2, -0.15) is 5.10 Å². The van der Waals surface area contributed by atoms with Crippen LogP contribution in [0.5, 0.6) is 0 Å². The highest BCUT2D eigenvalue weighted by Crippen LogP contribution is 2.29. The normalized spacial score (nSPS) is 13.8. The summed E-state index contributed by atoms with van der Waals surface area (Å²) in [5, 5.41) is 9.63. The van der Waals surface area contributed by atoms with Gasteiger partial charge in [-0.1, -0.05) is 46.2 Å². The number of anilines is 1. The highest BCUT2D eigenvalue weighted by molar-refractivity contribution is 9.10. The van der Waals surface area contributed by atoms with E-state index >= 15 is 0 Å². The fourth-order valence-electron chi connectivity index (χ4n) is 3.55. The molecule has 0 radical (unpaired) electrons. The van der Waals surface area contributed by atoms with Gasteiger partial charge in [0.1, 0.15) is 5.82 Å². The van der Waals surface area contributed by atoms with Crippen LogP contribution in [0.2, 0.25) is 5.02 Å². The Morgan fingerprint density at radius 1 is 1.29 bits per heavy atom. The molecule has 2 aromatic heterocycles. The lowest BCUT2D eigenvalue weighted by Gasteiger charge is -2.18. The van der Waals surface area contributed by atoms with Gasteiger partial charge in [-0.05, 0) is 37.5 Å². The fourth-order valence-corrected chi connectivity index (χ4v) is 4.81. The minimum atomic E-state index is -0.214. The second-order valence-electron chi connectivity index (χ2n) is 7.36. The molecule has 4 rings (SSSR count). The Kier molecular flexibility index (Phi) is 7.35. The molecule has 31 heavy (non-hydrogen) atoms. The Morgan fingerprint density at radius 2 is 2.10 bits per heavy atom. The topological polar surface area (TPSA) is 75.9 Å². The van der Waals surface area contributed by atoms with Crippen molar-refractivity contribution in [2.75, 3.05) is 30.3 Å². The first-order chi connectivity index (χ1) is 15.1. The number of aromatic nitrogens is 4. The molecule has 1 amide bonds. The molecule has 0 atom stereocenters. The number of carbonyl (C=O) groups is 1. The van der Waals surface area contributed by atoms with Crippen LogP contribution in [0.25, 0.3) is 11.0 Å². The van der Waals surface area contributed by atoms with Crippen LogP contribution in [0, 0.1) is 0 Å². The van der Waals surface area contributed by atoms with Gasteiger partial charge in [0, 0.05) is 29.9 Å². The maximum Gasteiger partial charge on any atom is 0.252 e. The Bertz CT molecular complexity index is 1090. The highest BCUT2D eigenvalue weighted by atomic mass is 79.9. The molecule has 0 aliphatic carbocycles. The van der Waals surface area contributed by atoms with Crippen LogP contribution in [0.15, 0.2) is 34.0 Å². The molecule has 3 heterocycles. The lowest BCUT2D eigenvalue weighted by molar-refractivity contribution is 0.0952. The van der Waals surface area contributed by atoms with Crippen molar-refractivity contribution in [1.82, 2.24) is 25.1 Å². The van der Waals surface area contributed by atoms with Crippen LogP contribution in [-0.4, -0.2) is 51.0 Å². The number of nitrogens with one attached hydrogen (secondary N) is 1. The van der Waals surface area contributed by atoms with E-state index in [-0.39, 0.29) is 5.91 Å². The van der Waals surface area contributed by atoms with E-state index in [2.05, 4.69) is 38.2 Å². The van der Waals surface area contributed by atoms with E-state index in [0.29, 0.717) is 23.7 Å². The zero-order valence-corrected chi connectivity index (χ0v) is 20.4. The molecule has 0 unspecified atom stereocenters. The number of thioether (sulfide) groups is 1. The Morgan fingerprint density at radius 3 is 2.87 bits per heavy atom. The summed E-state index contributed by atoms with van der Waals surface area (Å²) >= 11 is 11.2. The minimum Gasteiger partial charge on any atom is -0.356 e. The summed E-state index contributed by atoms with van der Waals surface area (Å²) < 4.78 is 2.65. The van der Waals surface area contributed by atoms with Gasteiger partial charge in [0.05, 0.1) is 28.7 Å². The van der Waals surface area contributed by atoms with Crippen LogP contribution < -0.4 is 10.2 Å². The predicted octanol–water partition coefficient (Wildman–Crippen LogP) is 4.77. The number of halogens is 2. The van der Waals surface area contributed by atoms with Crippen molar-refractivity contribution in [3.05, 3.63) is 39.5 Å². The second-order valence-corrected chi connectivity index (χ2v) is 9.74. The molecule has 1 N–H and O–H groups in total. The van der Waals surface area contributed by atoms with E-state index in [1.165, 1.54) is 12.8 Å². The zero-order valence-electron chi connectivity index (χ0n) is 17.3. The largest absolute Gasteiger partial charge is 0.356 e. The third kappa shape index (κ3) is 5.15. The lowest BCUT2D eigenvalue weighted by atomic mass is 10.2. The van der Waals surface area contributed by atoms with Gasteiger partial charge < -0.3 is 10.2 Å². The second kappa shape index (κ2) is 10.2. The molecular formula is C21H24BrClN6OS. The number of fused-ring (bicyclic) bond motifs is 1. The molecule has 0 saturated carbocycles. The highest BCUT2D eigenvalue weighted by Gasteiger charge is 2.21. The smallest absolute Gasteiger partial charge is 0.252 e. The number of benzene rings is 1. The zero-order chi connectivity index (χ0) is 21.8. The lowest BCUT2D eigenvalue weighted by Crippen LogP contribution is -2.28. The van der Waals surface area contributed by atoms with E-state index in [0.717, 1.165) is 51.7 Å². The van der Waals surface area contributed by atoms with Gasteiger partial charge in [-0.25, -0.2) is 14.6 Å². The molecule has 1 saturated heterocycles. The predicted molar refractivity (Wildman–Crippen MR) is 129 cm³/mol. The van der Waals surface area contributed by atoms with Crippen molar-refractivity contribution in [2.45, 2.75) is 37.9 Å². The summed E-state index contributed by atoms with van der Waals surface area (Å²) in [5.41, 5.74) is 1.25.